The number of carbonyl (C=O) groups is 1. The van der Waals surface area contributed by atoms with Crippen molar-refractivity contribution < 1.29 is 9.53 Å². The second-order valence-electron chi connectivity index (χ2n) is 6.59. The van der Waals surface area contributed by atoms with Crippen LogP contribution in [-0.4, -0.2) is 32.6 Å². The molecule has 4 aromatic rings. The van der Waals surface area contributed by atoms with Gasteiger partial charge in [-0.15, -0.1) is 0 Å². The second-order valence-corrected chi connectivity index (χ2v) is 7.62. The van der Waals surface area contributed by atoms with E-state index in [-0.39, 0.29) is 5.91 Å². The van der Waals surface area contributed by atoms with Crippen molar-refractivity contribution in [2.75, 3.05) is 12.4 Å². The van der Waals surface area contributed by atoms with E-state index in [1.54, 1.807) is 47.7 Å². The molecule has 0 fully saturated rings. The van der Waals surface area contributed by atoms with E-state index in [2.05, 4.69) is 27.3 Å². The first kappa shape index (κ1) is 19.9. The number of rotatable bonds is 6. The van der Waals surface area contributed by atoms with Gasteiger partial charge in [0.05, 0.1) is 12.8 Å². The Kier molecular flexibility index (Phi) is 5.67. The Morgan fingerprint density at radius 3 is 2.67 bits per heavy atom. The van der Waals surface area contributed by atoms with Crippen molar-refractivity contribution in [2.24, 2.45) is 0 Å². The number of amides is 1. The molecule has 0 bridgehead atoms. The molecular weight excluding hydrogens is 398 g/mol. The van der Waals surface area contributed by atoms with E-state index in [4.69, 9.17) is 4.74 Å². The number of hydrogen-bond donors (Lipinski definition) is 1. The Labute approximate surface area is 178 Å². The fourth-order valence-corrected chi connectivity index (χ4v) is 4.38. The number of methoxy groups -OCH3 is 1. The third kappa shape index (κ3) is 3.86. The fraction of sp³-hybridized carbons (Fsp3) is 0.182. The van der Waals surface area contributed by atoms with Gasteiger partial charge in [-0.3, -0.25) is 4.79 Å². The molecule has 0 saturated heterocycles. The molecule has 0 aliphatic rings. The zero-order chi connectivity index (χ0) is 21.1. The zero-order valence-corrected chi connectivity index (χ0v) is 17.7. The van der Waals surface area contributed by atoms with Gasteiger partial charge in [0.2, 0.25) is 0 Å². The molecule has 0 atom stereocenters. The van der Waals surface area contributed by atoms with Gasteiger partial charge in [0.25, 0.3) is 11.7 Å². The third-order valence-corrected chi connectivity index (χ3v) is 5.92. The SMILES string of the molecule is CCc1c(C)nc2ncnn2c1Sc1ccccc1NC(=O)c1ccc(OC)cc1. The Bertz CT molecular complexity index is 1200. The number of nitrogens with zero attached hydrogens (tertiary/aromatic N) is 4. The number of fused-ring (bicyclic) bond motifs is 1. The Hall–Kier alpha value is -3.39. The van der Waals surface area contributed by atoms with Crippen molar-refractivity contribution in [1.29, 1.82) is 0 Å². The van der Waals surface area contributed by atoms with E-state index in [1.807, 2.05) is 31.2 Å². The standard InChI is InChI=1S/C22H21N5O2S/c1-4-17-14(2)25-22-23-13-24-27(22)21(17)30-19-8-6-5-7-18(19)26-20(28)15-9-11-16(29-3)12-10-15/h5-13H,4H2,1-3H3,(H,26,28). The number of aromatic nitrogens is 4. The van der Waals surface area contributed by atoms with Crippen LogP contribution in [0.15, 0.2) is 64.8 Å². The van der Waals surface area contributed by atoms with Crippen LogP contribution in [0.3, 0.4) is 0 Å². The average molecular weight is 420 g/mol. The smallest absolute Gasteiger partial charge is 0.255 e. The minimum absolute atomic E-state index is 0.182. The molecule has 1 N–H and O–H groups in total. The molecule has 1 amide bonds. The Morgan fingerprint density at radius 2 is 1.93 bits per heavy atom. The van der Waals surface area contributed by atoms with Crippen LogP contribution in [0.4, 0.5) is 5.69 Å². The molecule has 8 heteroatoms. The molecule has 152 valence electrons. The monoisotopic (exact) mass is 419 g/mol. The summed E-state index contributed by atoms with van der Waals surface area (Å²) in [6.07, 6.45) is 2.32. The van der Waals surface area contributed by atoms with E-state index < -0.39 is 0 Å². The van der Waals surface area contributed by atoms with E-state index in [0.29, 0.717) is 17.1 Å². The zero-order valence-electron chi connectivity index (χ0n) is 16.9. The molecule has 2 heterocycles. The highest BCUT2D eigenvalue weighted by Crippen LogP contribution is 2.36. The third-order valence-electron chi connectivity index (χ3n) is 4.73. The maximum atomic E-state index is 12.8. The number of benzene rings is 2. The predicted molar refractivity (Wildman–Crippen MR) is 116 cm³/mol. The van der Waals surface area contributed by atoms with Crippen LogP contribution in [-0.2, 0) is 6.42 Å². The van der Waals surface area contributed by atoms with Crippen LogP contribution in [0.25, 0.3) is 5.78 Å². The lowest BCUT2D eigenvalue weighted by atomic mass is 10.2. The molecule has 30 heavy (non-hydrogen) atoms. The number of nitrogens with one attached hydrogen (secondary N) is 1. The second kappa shape index (κ2) is 8.54. The van der Waals surface area contributed by atoms with Crippen LogP contribution in [0.1, 0.15) is 28.5 Å². The lowest BCUT2D eigenvalue weighted by molar-refractivity contribution is 0.102. The summed E-state index contributed by atoms with van der Waals surface area (Å²) >= 11 is 1.54. The number of ether oxygens (including phenoxy) is 1. The van der Waals surface area contributed by atoms with E-state index in [9.17, 15) is 4.79 Å². The highest BCUT2D eigenvalue weighted by Gasteiger charge is 2.17. The van der Waals surface area contributed by atoms with E-state index in [0.717, 1.165) is 33.3 Å². The van der Waals surface area contributed by atoms with Gasteiger partial charge in [0, 0.05) is 21.7 Å². The van der Waals surface area contributed by atoms with Gasteiger partial charge in [-0.1, -0.05) is 30.8 Å². The molecule has 0 unspecified atom stereocenters. The fourth-order valence-electron chi connectivity index (χ4n) is 3.17. The molecular formula is C22H21N5O2S. The molecule has 2 aromatic heterocycles. The summed E-state index contributed by atoms with van der Waals surface area (Å²) in [5.74, 6) is 1.09. The van der Waals surface area contributed by atoms with Crippen molar-refractivity contribution in [3.05, 3.63) is 71.7 Å². The number of anilines is 1. The Balaban J connectivity index is 1.67. The topological polar surface area (TPSA) is 81.4 Å². The normalized spacial score (nSPS) is 10.9. The molecule has 0 radical (unpaired) electrons. The molecule has 7 nitrogen and oxygen atoms in total. The maximum Gasteiger partial charge on any atom is 0.255 e. The molecule has 2 aromatic carbocycles. The number of para-hydroxylation sites is 1. The number of hydrogen-bond acceptors (Lipinski definition) is 6. The van der Waals surface area contributed by atoms with Crippen LogP contribution in [0, 0.1) is 6.92 Å². The minimum atomic E-state index is -0.182. The van der Waals surface area contributed by atoms with Gasteiger partial charge < -0.3 is 10.1 Å². The van der Waals surface area contributed by atoms with Crippen LogP contribution in [0.5, 0.6) is 5.75 Å². The van der Waals surface area contributed by atoms with Gasteiger partial charge in [-0.05, 0) is 49.7 Å². The molecule has 0 spiro atoms. The van der Waals surface area contributed by atoms with Crippen molar-refractivity contribution in [1.82, 2.24) is 19.6 Å². The van der Waals surface area contributed by atoms with Crippen molar-refractivity contribution >= 4 is 29.1 Å². The van der Waals surface area contributed by atoms with Crippen LogP contribution >= 0.6 is 11.8 Å². The van der Waals surface area contributed by atoms with E-state index >= 15 is 0 Å². The molecule has 0 saturated carbocycles. The lowest BCUT2D eigenvalue weighted by Gasteiger charge is -2.14. The first-order valence-corrected chi connectivity index (χ1v) is 10.3. The van der Waals surface area contributed by atoms with Crippen LogP contribution < -0.4 is 10.1 Å². The van der Waals surface area contributed by atoms with Gasteiger partial charge in [-0.2, -0.15) is 14.6 Å². The summed E-state index contributed by atoms with van der Waals surface area (Å²) in [7, 11) is 1.60. The molecule has 4 rings (SSSR count). The lowest BCUT2D eigenvalue weighted by Crippen LogP contribution is -2.12. The minimum Gasteiger partial charge on any atom is -0.497 e. The predicted octanol–water partition coefficient (Wildman–Crippen LogP) is 4.41. The van der Waals surface area contributed by atoms with Gasteiger partial charge in [0.15, 0.2) is 0 Å². The quantitative estimate of drug-likeness (QED) is 0.466. The maximum absolute atomic E-state index is 12.8. The van der Waals surface area contributed by atoms with Crippen molar-refractivity contribution in [3.63, 3.8) is 0 Å². The average Bonchev–Trinajstić information content (AvgIpc) is 3.23. The first-order valence-electron chi connectivity index (χ1n) is 9.52. The first-order chi connectivity index (χ1) is 14.6. The van der Waals surface area contributed by atoms with Gasteiger partial charge in [-0.25, -0.2) is 4.98 Å². The summed E-state index contributed by atoms with van der Waals surface area (Å²) in [6.45, 7) is 4.07. The summed E-state index contributed by atoms with van der Waals surface area (Å²) in [6, 6.07) is 14.7. The number of carbonyl (C=O) groups excluding carboxylic acids is 1. The van der Waals surface area contributed by atoms with Crippen molar-refractivity contribution in [3.8, 4) is 5.75 Å². The highest BCUT2D eigenvalue weighted by molar-refractivity contribution is 7.99. The van der Waals surface area contributed by atoms with Crippen LogP contribution in [0.2, 0.25) is 0 Å². The highest BCUT2D eigenvalue weighted by atomic mass is 32.2. The summed E-state index contributed by atoms with van der Waals surface area (Å²) in [4.78, 5) is 22.4. The largest absolute Gasteiger partial charge is 0.497 e. The number of aryl methyl sites for hydroxylation is 1. The van der Waals surface area contributed by atoms with Gasteiger partial charge in [0.1, 0.15) is 17.1 Å². The summed E-state index contributed by atoms with van der Waals surface area (Å²) < 4.78 is 6.91. The van der Waals surface area contributed by atoms with Crippen molar-refractivity contribution in [2.45, 2.75) is 30.2 Å². The van der Waals surface area contributed by atoms with Gasteiger partial charge >= 0.3 is 0 Å². The molecule has 0 aliphatic carbocycles. The Morgan fingerprint density at radius 1 is 1.17 bits per heavy atom. The summed E-state index contributed by atoms with van der Waals surface area (Å²) in [5.41, 5.74) is 3.32. The molecule has 0 aliphatic heterocycles. The summed E-state index contributed by atoms with van der Waals surface area (Å²) in [5, 5.41) is 8.31. The van der Waals surface area contributed by atoms with E-state index in [1.165, 1.54) is 6.33 Å².